The lowest BCUT2D eigenvalue weighted by Crippen LogP contribution is -2.31. The van der Waals surface area contributed by atoms with Crippen molar-refractivity contribution in [3.63, 3.8) is 0 Å². The minimum atomic E-state index is -3.67. The highest BCUT2D eigenvalue weighted by Gasteiger charge is 2.22. The third-order valence-corrected chi connectivity index (χ3v) is 6.26. The Morgan fingerprint density at radius 2 is 1.79 bits per heavy atom. The van der Waals surface area contributed by atoms with Gasteiger partial charge in [-0.1, -0.05) is 41.9 Å². The number of carbonyl (C=O) groups excluding carboxylic acids is 1. The summed E-state index contributed by atoms with van der Waals surface area (Å²) < 4.78 is 37.5. The molecule has 1 N–H and O–H groups in total. The second-order valence-corrected chi connectivity index (χ2v) is 9.99. The normalized spacial score (nSPS) is 11.1. The van der Waals surface area contributed by atoms with Gasteiger partial charge in [0.2, 0.25) is 15.9 Å². The maximum absolute atomic E-state index is 12.6. The molecule has 9 heteroatoms. The molecule has 0 radical (unpaired) electrons. The first-order chi connectivity index (χ1) is 16.3. The lowest BCUT2D eigenvalue weighted by atomic mass is 10.2. The summed E-state index contributed by atoms with van der Waals surface area (Å²) >= 11 is 6.17. The van der Waals surface area contributed by atoms with Crippen LogP contribution < -0.4 is 14.4 Å². The minimum Gasteiger partial charge on any atom is -0.455 e. The Morgan fingerprint density at radius 1 is 1.03 bits per heavy atom. The molecule has 0 aromatic heterocycles. The van der Waals surface area contributed by atoms with Crippen LogP contribution in [-0.4, -0.2) is 34.2 Å². The first-order valence-electron chi connectivity index (χ1n) is 10.6. The van der Waals surface area contributed by atoms with E-state index in [0.29, 0.717) is 40.9 Å². The number of nitrogens with zero attached hydrogens (tertiary/aromatic N) is 1. The third-order valence-electron chi connectivity index (χ3n) is 4.85. The Kier molecular flexibility index (Phi) is 8.92. The fraction of sp³-hybridized carbons (Fsp3) is 0.240. The molecule has 0 aliphatic heterocycles. The van der Waals surface area contributed by atoms with Gasteiger partial charge in [-0.15, -0.1) is 0 Å². The van der Waals surface area contributed by atoms with Gasteiger partial charge in [0.15, 0.2) is 5.75 Å². The third kappa shape index (κ3) is 7.48. The van der Waals surface area contributed by atoms with Crippen molar-refractivity contribution in [2.24, 2.45) is 0 Å². The first kappa shape index (κ1) is 25.6. The zero-order valence-electron chi connectivity index (χ0n) is 19.0. The molecule has 0 saturated carbocycles. The van der Waals surface area contributed by atoms with E-state index in [9.17, 15) is 13.2 Å². The van der Waals surface area contributed by atoms with Gasteiger partial charge < -0.3 is 14.8 Å². The predicted octanol–water partition coefficient (Wildman–Crippen LogP) is 5.46. The van der Waals surface area contributed by atoms with Crippen molar-refractivity contribution in [2.45, 2.75) is 19.4 Å². The number of nitrogens with one attached hydrogen (secondary N) is 1. The standard InChI is InChI=1S/C25H27ClN2O5S/c1-32-18-19-8-6-9-21(16-19)27-25(29)12-7-15-28(34(2,30)31)23-17-20(26)13-14-24(23)33-22-10-4-3-5-11-22/h3-6,8-11,13-14,16-17H,7,12,15,18H2,1-2H3,(H,27,29). The molecule has 0 fully saturated rings. The van der Waals surface area contributed by atoms with E-state index in [1.165, 1.54) is 4.31 Å². The average Bonchev–Trinajstić information content (AvgIpc) is 2.78. The number of para-hydroxylation sites is 1. The first-order valence-corrected chi connectivity index (χ1v) is 12.9. The number of carbonyl (C=O) groups is 1. The van der Waals surface area contributed by atoms with Crippen molar-refractivity contribution >= 4 is 38.9 Å². The summed E-state index contributed by atoms with van der Waals surface area (Å²) in [6.07, 6.45) is 1.55. The number of anilines is 2. The van der Waals surface area contributed by atoms with Crippen molar-refractivity contribution in [2.75, 3.05) is 29.5 Å². The molecule has 180 valence electrons. The predicted molar refractivity (Wildman–Crippen MR) is 135 cm³/mol. The molecular weight excluding hydrogens is 476 g/mol. The fourth-order valence-electron chi connectivity index (χ4n) is 3.36. The Balaban J connectivity index is 1.71. The molecule has 34 heavy (non-hydrogen) atoms. The monoisotopic (exact) mass is 502 g/mol. The minimum absolute atomic E-state index is 0.0848. The Hall–Kier alpha value is -3.07. The molecule has 3 aromatic rings. The van der Waals surface area contributed by atoms with E-state index >= 15 is 0 Å². The Labute approximate surface area is 205 Å². The van der Waals surface area contributed by atoms with Crippen LogP contribution in [0.5, 0.6) is 11.5 Å². The zero-order valence-corrected chi connectivity index (χ0v) is 20.6. The second kappa shape index (κ2) is 11.9. The van der Waals surface area contributed by atoms with Gasteiger partial charge in [-0.25, -0.2) is 8.42 Å². The number of hydrogen-bond acceptors (Lipinski definition) is 5. The fourth-order valence-corrected chi connectivity index (χ4v) is 4.49. The van der Waals surface area contributed by atoms with Gasteiger partial charge in [0.1, 0.15) is 5.75 Å². The quantitative estimate of drug-likeness (QED) is 0.376. The largest absolute Gasteiger partial charge is 0.455 e. The van der Waals surface area contributed by atoms with Crippen LogP contribution in [0.25, 0.3) is 0 Å². The number of hydrogen-bond donors (Lipinski definition) is 1. The topological polar surface area (TPSA) is 84.9 Å². The smallest absolute Gasteiger partial charge is 0.232 e. The second-order valence-electron chi connectivity index (χ2n) is 7.65. The molecule has 1 amide bonds. The Morgan fingerprint density at radius 3 is 2.50 bits per heavy atom. The van der Waals surface area contributed by atoms with Crippen molar-refractivity contribution in [1.29, 1.82) is 0 Å². The molecule has 0 aliphatic rings. The van der Waals surface area contributed by atoms with E-state index in [0.717, 1.165) is 11.8 Å². The molecule has 0 bridgehead atoms. The molecule has 0 aliphatic carbocycles. The van der Waals surface area contributed by atoms with E-state index in [1.807, 2.05) is 36.4 Å². The van der Waals surface area contributed by atoms with Crippen LogP contribution in [0.4, 0.5) is 11.4 Å². The Bertz CT molecular complexity index is 1220. The summed E-state index contributed by atoms with van der Waals surface area (Å²) in [6, 6.07) is 21.2. The van der Waals surface area contributed by atoms with Crippen LogP contribution in [0.2, 0.25) is 5.02 Å². The summed E-state index contributed by atoms with van der Waals surface area (Å²) in [5.74, 6) is 0.699. The van der Waals surface area contributed by atoms with Crippen LogP contribution in [0.3, 0.4) is 0 Å². The summed E-state index contributed by atoms with van der Waals surface area (Å²) in [7, 11) is -2.06. The van der Waals surface area contributed by atoms with Gasteiger partial charge in [-0.2, -0.15) is 0 Å². The SMILES string of the molecule is COCc1cccc(NC(=O)CCCN(c2cc(Cl)ccc2Oc2ccccc2)S(C)(=O)=O)c1. The molecular formula is C25H27ClN2O5S. The molecule has 3 rings (SSSR count). The number of benzene rings is 3. The summed E-state index contributed by atoms with van der Waals surface area (Å²) in [4.78, 5) is 12.5. The number of sulfonamides is 1. The molecule has 7 nitrogen and oxygen atoms in total. The molecule has 0 spiro atoms. The molecule has 0 heterocycles. The van der Waals surface area contributed by atoms with Crippen LogP contribution >= 0.6 is 11.6 Å². The lowest BCUT2D eigenvalue weighted by molar-refractivity contribution is -0.116. The van der Waals surface area contributed by atoms with E-state index in [2.05, 4.69) is 5.32 Å². The van der Waals surface area contributed by atoms with Crippen LogP contribution in [-0.2, 0) is 26.2 Å². The number of methoxy groups -OCH3 is 1. The zero-order chi connectivity index (χ0) is 24.6. The highest BCUT2D eigenvalue weighted by atomic mass is 35.5. The summed E-state index contributed by atoms with van der Waals surface area (Å²) in [6.45, 7) is 0.529. The van der Waals surface area contributed by atoms with Crippen LogP contribution in [0, 0.1) is 0 Å². The number of rotatable bonds is 11. The van der Waals surface area contributed by atoms with Crippen molar-refractivity contribution in [3.8, 4) is 11.5 Å². The summed E-state index contributed by atoms with van der Waals surface area (Å²) in [5, 5.41) is 3.21. The van der Waals surface area contributed by atoms with Gasteiger partial charge in [0.25, 0.3) is 0 Å². The summed E-state index contributed by atoms with van der Waals surface area (Å²) in [5.41, 5.74) is 1.91. The molecule has 0 atom stereocenters. The molecule has 3 aromatic carbocycles. The van der Waals surface area contributed by atoms with Gasteiger partial charge in [-0.3, -0.25) is 9.10 Å². The van der Waals surface area contributed by atoms with Crippen LogP contribution in [0.1, 0.15) is 18.4 Å². The van der Waals surface area contributed by atoms with Gasteiger partial charge >= 0.3 is 0 Å². The maximum Gasteiger partial charge on any atom is 0.232 e. The van der Waals surface area contributed by atoms with Crippen molar-refractivity contribution in [1.82, 2.24) is 0 Å². The average molecular weight is 503 g/mol. The maximum atomic E-state index is 12.6. The van der Waals surface area contributed by atoms with Crippen molar-refractivity contribution < 1.29 is 22.7 Å². The number of halogens is 1. The van der Waals surface area contributed by atoms with E-state index < -0.39 is 10.0 Å². The highest BCUT2D eigenvalue weighted by molar-refractivity contribution is 7.92. The van der Waals surface area contributed by atoms with Gasteiger partial charge in [-0.05, 0) is 54.4 Å². The van der Waals surface area contributed by atoms with E-state index in [-0.39, 0.29) is 18.9 Å². The van der Waals surface area contributed by atoms with Crippen molar-refractivity contribution in [3.05, 3.63) is 83.4 Å². The molecule has 0 saturated heterocycles. The van der Waals surface area contributed by atoms with Gasteiger partial charge in [0, 0.05) is 30.8 Å². The number of ether oxygens (including phenoxy) is 2. The van der Waals surface area contributed by atoms with Gasteiger partial charge in [0.05, 0.1) is 18.6 Å². The molecule has 0 unspecified atom stereocenters. The highest BCUT2D eigenvalue weighted by Crippen LogP contribution is 2.36. The van der Waals surface area contributed by atoms with E-state index in [4.69, 9.17) is 21.1 Å². The number of amides is 1. The lowest BCUT2D eigenvalue weighted by Gasteiger charge is -2.25. The van der Waals surface area contributed by atoms with Crippen LogP contribution in [0.15, 0.2) is 72.8 Å². The van der Waals surface area contributed by atoms with E-state index in [1.54, 1.807) is 43.5 Å².